The second kappa shape index (κ2) is 11.3. The van der Waals surface area contributed by atoms with E-state index in [0.29, 0.717) is 23.7 Å². The fourth-order valence-electron chi connectivity index (χ4n) is 3.29. The normalized spacial score (nSPS) is 12.2. The molecule has 174 valence electrons. The number of amides is 2. The van der Waals surface area contributed by atoms with E-state index in [1.54, 1.807) is 31.2 Å². The molecule has 0 radical (unpaired) electrons. The van der Waals surface area contributed by atoms with E-state index >= 15 is 0 Å². The third-order valence-electron chi connectivity index (χ3n) is 5.15. The van der Waals surface area contributed by atoms with Crippen LogP contribution in [-0.2, 0) is 26.2 Å². The van der Waals surface area contributed by atoms with Gasteiger partial charge in [0.1, 0.15) is 6.04 Å². The minimum absolute atomic E-state index is 0.104. The van der Waals surface area contributed by atoms with Gasteiger partial charge >= 0.3 is 0 Å². The molecule has 0 spiro atoms. The average molecular weight is 480 g/mol. The van der Waals surface area contributed by atoms with Gasteiger partial charge in [-0.05, 0) is 50.1 Å². The number of carbonyl (C=O) groups excluding carboxylic acids is 2. The number of rotatable bonds is 10. The molecular formula is C23H30ClN3O4S. The number of anilines is 1. The summed E-state index contributed by atoms with van der Waals surface area (Å²) in [6, 6.07) is 13.6. The molecule has 0 bridgehead atoms. The Kier molecular flexibility index (Phi) is 9.09. The highest BCUT2D eigenvalue weighted by molar-refractivity contribution is 7.92. The fourth-order valence-corrected chi connectivity index (χ4v) is 4.38. The largest absolute Gasteiger partial charge is 0.357 e. The van der Waals surface area contributed by atoms with E-state index in [-0.39, 0.29) is 24.8 Å². The van der Waals surface area contributed by atoms with Gasteiger partial charge in [-0.2, -0.15) is 0 Å². The van der Waals surface area contributed by atoms with Gasteiger partial charge in [0.25, 0.3) is 0 Å². The summed E-state index contributed by atoms with van der Waals surface area (Å²) < 4.78 is 25.8. The van der Waals surface area contributed by atoms with E-state index < -0.39 is 16.1 Å². The number of nitrogens with zero attached hydrogens (tertiary/aromatic N) is 2. The van der Waals surface area contributed by atoms with Gasteiger partial charge in [0.15, 0.2) is 0 Å². The lowest BCUT2D eigenvalue weighted by atomic mass is 10.1. The Balaban J connectivity index is 2.12. The van der Waals surface area contributed by atoms with E-state index in [1.165, 1.54) is 16.3 Å². The molecule has 0 aliphatic carbocycles. The summed E-state index contributed by atoms with van der Waals surface area (Å²) in [5.74, 6) is -0.476. The zero-order valence-corrected chi connectivity index (χ0v) is 20.4. The highest BCUT2D eigenvalue weighted by atomic mass is 35.5. The first-order chi connectivity index (χ1) is 15.0. The summed E-state index contributed by atoms with van der Waals surface area (Å²) >= 11 is 5.90. The van der Waals surface area contributed by atoms with Crippen molar-refractivity contribution in [1.82, 2.24) is 10.2 Å². The standard InChI is InChI=1S/C23H30ClN3O4S/c1-17-7-9-19(10-8-17)16-26(18(2)23(29)25-3)22(28)6-5-15-27(32(4,30)31)21-13-11-20(24)12-14-21/h7-14,18H,5-6,15-16H2,1-4H3,(H,25,29)/t18-/m1/s1. The van der Waals surface area contributed by atoms with Gasteiger partial charge in [-0.3, -0.25) is 13.9 Å². The van der Waals surface area contributed by atoms with Gasteiger partial charge in [0.05, 0.1) is 11.9 Å². The minimum atomic E-state index is -3.53. The van der Waals surface area contributed by atoms with Crippen molar-refractivity contribution < 1.29 is 18.0 Å². The van der Waals surface area contributed by atoms with E-state index in [4.69, 9.17) is 11.6 Å². The van der Waals surface area contributed by atoms with Crippen LogP contribution >= 0.6 is 11.6 Å². The summed E-state index contributed by atoms with van der Waals surface area (Å²) in [6.07, 6.45) is 1.53. The number of benzene rings is 2. The Bertz CT molecular complexity index is 1020. The third kappa shape index (κ3) is 7.24. The molecule has 0 saturated heterocycles. The van der Waals surface area contributed by atoms with Gasteiger partial charge < -0.3 is 10.2 Å². The first-order valence-electron chi connectivity index (χ1n) is 10.3. The zero-order chi connectivity index (χ0) is 23.9. The summed E-state index contributed by atoms with van der Waals surface area (Å²) in [4.78, 5) is 26.8. The number of carbonyl (C=O) groups is 2. The van der Waals surface area contributed by atoms with Crippen LogP contribution in [0, 0.1) is 6.92 Å². The lowest BCUT2D eigenvalue weighted by molar-refractivity contribution is -0.140. The van der Waals surface area contributed by atoms with Crippen molar-refractivity contribution in [2.45, 2.75) is 39.3 Å². The van der Waals surface area contributed by atoms with Crippen molar-refractivity contribution in [2.75, 3.05) is 24.2 Å². The second-order valence-electron chi connectivity index (χ2n) is 7.71. The second-order valence-corrected chi connectivity index (χ2v) is 10.1. The first-order valence-corrected chi connectivity index (χ1v) is 12.6. The number of halogens is 1. The molecule has 2 aromatic carbocycles. The predicted molar refractivity (Wildman–Crippen MR) is 128 cm³/mol. The molecule has 0 unspecified atom stereocenters. The quantitative estimate of drug-likeness (QED) is 0.566. The summed E-state index contributed by atoms with van der Waals surface area (Å²) in [7, 11) is -2.00. The van der Waals surface area contributed by atoms with Crippen LogP contribution < -0.4 is 9.62 Å². The minimum Gasteiger partial charge on any atom is -0.357 e. The smallest absolute Gasteiger partial charge is 0.242 e. The highest BCUT2D eigenvalue weighted by Gasteiger charge is 2.26. The molecule has 0 fully saturated rings. The molecule has 2 rings (SSSR count). The number of likely N-dealkylation sites (N-methyl/N-ethyl adjacent to an activating group) is 1. The van der Waals surface area contributed by atoms with Crippen molar-refractivity contribution in [3.05, 3.63) is 64.7 Å². The van der Waals surface area contributed by atoms with Crippen molar-refractivity contribution >= 4 is 39.1 Å². The van der Waals surface area contributed by atoms with E-state index in [1.807, 2.05) is 31.2 Å². The van der Waals surface area contributed by atoms with Crippen LogP contribution in [0.2, 0.25) is 5.02 Å². The van der Waals surface area contributed by atoms with Crippen molar-refractivity contribution in [3.63, 3.8) is 0 Å². The molecule has 7 nitrogen and oxygen atoms in total. The molecule has 1 N–H and O–H groups in total. The first kappa shape index (κ1) is 25.7. The fraction of sp³-hybridized carbons (Fsp3) is 0.391. The van der Waals surface area contributed by atoms with E-state index in [0.717, 1.165) is 17.4 Å². The molecule has 32 heavy (non-hydrogen) atoms. The predicted octanol–water partition coefficient (Wildman–Crippen LogP) is 3.36. The summed E-state index contributed by atoms with van der Waals surface area (Å²) in [5.41, 5.74) is 2.51. The lowest BCUT2D eigenvalue weighted by Crippen LogP contribution is -2.46. The van der Waals surface area contributed by atoms with Gasteiger partial charge in [0.2, 0.25) is 21.8 Å². The summed E-state index contributed by atoms with van der Waals surface area (Å²) in [5, 5.41) is 3.09. The molecule has 9 heteroatoms. The molecule has 2 amide bonds. The Hall–Kier alpha value is -2.58. The van der Waals surface area contributed by atoms with Crippen LogP contribution in [0.4, 0.5) is 5.69 Å². The zero-order valence-electron chi connectivity index (χ0n) is 18.8. The number of hydrogen-bond acceptors (Lipinski definition) is 4. The molecule has 0 aromatic heterocycles. The maximum atomic E-state index is 13.0. The van der Waals surface area contributed by atoms with Gasteiger partial charge in [-0.15, -0.1) is 0 Å². The van der Waals surface area contributed by atoms with Crippen LogP contribution in [0.15, 0.2) is 48.5 Å². The third-order valence-corrected chi connectivity index (χ3v) is 6.60. The van der Waals surface area contributed by atoms with Crippen molar-refractivity contribution in [1.29, 1.82) is 0 Å². The Labute approximate surface area is 195 Å². The van der Waals surface area contributed by atoms with Crippen LogP contribution in [0.3, 0.4) is 0 Å². The number of nitrogens with one attached hydrogen (secondary N) is 1. The van der Waals surface area contributed by atoms with Crippen molar-refractivity contribution in [3.8, 4) is 0 Å². The molecule has 0 aliphatic heterocycles. The number of sulfonamides is 1. The monoisotopic (exact) mass is 479 g/mol. The van der Waals surface area contributed by atoms with Crippen LogP contribution in [0.1, 0.15) is 30.9 Å². The van der Waals surface area contributed by atoms with Crippen molar-refractivity contribution in [2.24, 2.45) is 0 Å². The topological polar surface area (TPSA) is 86.8 Å². The maximum Gasteiger partial charge on any atom is 0.242 e. The Morgan fingerprint density at radius 3 is 2.19 bits per heavy atom. The van der Waals surface area contributed by atoms with Gasteiger partial charge in [-0.25, -0.2) is 8.42 Å². The van der Waals surface area contributed by atoms with Crippen LogP contribution in [0.25, 0.3) is 0 Å². The number of hydrogen-bond donors (Lipinski definition) is 1. The highest BCUT2D eigenvalue weighted by Crippen LogP contribution is 2.21. The lowest BCUT2D eigenvalue weighted by Gasteiger charge is -2.29. The molecule has 1 atom stereocenters. The molecule has 0 heterocycles. The number of aryl methyl sites for hydroxylation is 1. The molecular weight excluding hydrogens is 450 g/mol. The molecule has 2 aromatic rings. The SMILES string of the molecule is CNC(=O)[C@@H](C)N(Cc1ccc(C)cc1)C(=O)CCCN(c1ccc(Cl)cc1)S(C)(=O)=O. The van der Waals surface area contributed by atoms with Crippen LogP contribution in [0.5, 0.6) is 0 Å². The van der Waals surface area contributed by atoms with Crippen LogP contribution in [-0.4, -0.2) is 51.0 Å². The Morgan fingerprint density at radius 1 is 1.06 bits per heavy atom. The maximum absolute atomic E-state index is 13.0. The summed E-state index contributed by atoms with van der Waals surface area (Å²) in [6.45, 7) is 4.09. The van der Waals surface area contributed by atoms with Gasteiger partial charge in [-0.1, -0.05) is 41.4 Å². The van der Waals surface area contributed by atoms with E-state index in [2.05, 4.69) is 5.32 Å². The molecule has 0 saturated carbocycles. The van der Waals surface area contributed by atoms with Gasteiger partial charge in [0, 0.05) is 31.6 Å². The molecule has 0 aliphatic rings. The Morgan fingerprint density at radius 2 is 1.66 bits per heavy atom. The average Bonchev–Trinajstić information content (AvgIpc) is 2.75. The van der Waals surface area contributed by atoms with E-state index in [9.17, 15) is 18.0 Å².